The van der Waals surface area contributed by atoms with Crippen LogP contribution >= 0.6 is 0 Å². The van der Waals surface area contributed by atoms with Gasteiger partial charge in [-0.2, -0.15) is 0 Å². The molecule has 2 aliphatic carbocycles. The second kappa shape index (κ2) is 20.9. The summed E-state index contributed by atoms with van der Waals surface area (Å²) in [5, 5.41) is 11.9. The Morgan fingerprint density at radius 1 is 0.589 bits per heavy atom. The van der Waals surface area contributed by atoms with E-state index in [1.807, 2.05) is 66.9 Å². The van der Waals surface area contributed by atoms with Crippen molar-refractivity contribution in [3.63, 3.8) is 0 Å². The number of imidazole rings is 1. The van der Waals surface area contributed by atoms with Crippen LogP contribution in [0, 0.1) is 12.0 Å². The number of rotatable bonds is 10. The van der Waals surface area contributed by atoms with Crippen molar-refractivity contribution in [2.45, 2.75) is 122 Å². The SMILES string of the molecule is [2H]C1(c2ccccc2)CCC([2H])(c2ccc(-c3ccnc(-c4[c-]c(-c5cccc6c5nc(-c5cc(C(C)(C)C)ccc5O)n6-c5ccc(C([2H])([2H])C6CCCC6)cc5-c5ccccc5)cc(C(C)(C)C)c4)c3)cc2)CC1.[Pt]. The Labute approximate surface area is 453 Å². The fourth-order valence-corrected chi connectivity index (χ4v) is 10.9. The molecule has 2 heterocycles. The minimum Gasteiger partial charge on any atom is -0.507 e. The predicted octanol–water partition coefficient (Wildman–Crippen LogP) is 18.0. The van der Waals surface area contributed by atoms with Gasteiger partial charge in [0, 0.05) is 44.0 Å². The zero-order valence-electron chi connectivity index (χ0n) is 47.0. The standard InChI is InChI=1S/C68H68N3O.Pt/c1-67(2,3)56-33-35-64(72)60(44-56)66-70-65-58(22-15-23-63(65)71(66)62-34-24-46(38-45-16-13-14-17-45)39-59(62)52-20-11-8-12-21-52)54-40-55(42-57(41-54)68(4,5)6)61-43-53(36-37-69-61)51-31-29-50(30-32-51)49-27-25-48(26-28-49)47-18-9-7-10-19-47;/h7-12,15,18-24,29-37,39,41-45,48-49,72H,13-14,16-17,25-28,38H2,1-6H3;/q-1;/i38D2,48D,49D;. The molecule has 0 bridgehead atoms. The quantitative estimate of drug-likeness (QED) is 0.139. The van der Waals surface area contributed by atoms with Crippen molar-refractivity contribution in [2.75, 3.05) is 0 Å². The Kier molecular flexibility index (Phi) is 12.9. The van der Waals surface area contributed by atoms with Crippen LogP contribution < -0.4 is 0 Å². The average Bonchev–Trinajstić information content (AvgIpc) is 4.17. The number of hydrogen-bond donors (Lipinski definition) is 1. The van der Waals surface area contributed by atoms with E-state index in [0.29, 0.717) is 42.6 Å². The van der Waals surface area contributed by atoms with Crippen molar-refractivity contribution in [1.29, 1.82) is 0 Å². The third-order valence-corrected chi connectivity index (χ3v) is 15.2. The molecule has 2 aromatic heterocycles. The van der Waals surface area contributed by atoms with E-state index in [9.17, 15) is 10.6 Å². The summed E-state index contributed by atoms with van der Waals surface area (Å²) >= 11 is 0. The molecule has 73 heavy (non-hydrogen) atoms. The van der Waals surface area contributed by atoms with Gasteiger partial charge in [-0.1, -0.05) is 194 Å². The van der Waals surface area contributed by atoms with E-state index in [1.165, 1.54) is 0 Å². The van der Waals surface area contributed by atoms with Gasteiger partial charge >= 0.3 is 0 Å². The van der Waals surface area contributed by atoms with E-state index in [4.69, 9.17) is 9.97 Å². The van der Waals surface area contributed by atoms with Gasteiger partial charge in [-0.05, 0) is 136 Å². The van der Waals surface area contributed by atoms with Crippen LogP contribution in [0.2, 0.25) is 0 Å². The van der Waals surface area contributed by atoms with Crippen molar-refractivity contribution in [3.8, 4) is 67.5 Å². The van der Waals surface area contributed by atoms with E-state index in [0.717, 1.165) is 109 Å². The molecule has 2 saturated carbocycles. The number of pyridine rings is 1. The van der Waals surface area contributed by atoms with Crippen LogP contribution in [0.3, 0.4) is 0 Å². The van der Waals surface area contributed by atoms with E-state index >= 15 is 0 Å². The molecule has 0 amide bonds. The molecule has 0 aliphatic heterocycles. The van der Waals surface area contributed by atoms with Crippen LogP contribution in [0.5, 0.6) is 5.75 Å². The van der Waals surface area contributed by atoms with E-state index < -0.39 is 18.2 Å². The summed E-state index contributed by atoms with van der Waals surface area (Å²) in [6, 6.07) is 59.4. The summed E-state index contributed by atoms with van der Waals surface area (Å²) in [4.78, 5) is 10.5. The minimum absolute atomic E-state index is 0. The van der Waals surface area contributed by atoms with Crippen LogP contribution in [0.15, 0.2) is 170 Å². The summed E-state index contributed by atoms with van der Waals surface area (Å²) in [5.41, 5.74) is 14.8. The number of aromatic hydroxyl groups is 1. The zero-order chi connectivity index (χ0) is 53.2. The Morgan fingerprint density at radius 2 is 1.25 bits per heavy atom. The monoisotopic (exact) mass is 1140 g/mol. The number of fused-ring (bicyclic) bond motifs is 1. The third kappa shape index (κ3) is 10.6. The number of phenols is 1. The van der Waals surface area contributed by atoms with E-state index in [2.05, 4.69) is 149 Å². The van der Waals surface area contributed by atoms with E-state index in [-0.39, 0.29) is 43.6 Å². The number of nitrogens with zero attached hydrogens (tertiary/aromatic N) is 3. The molecule has 7 aromatic carbocycles. The third-order valence-electron chi connectivity index (χ3n) is 15.2. The van der Waals surface area contributed by atoms with Gasteiger partial charge in [0.2, 0.25) is 0 Å². The molecule has 11 rings (SSSR count). The van der Waals surface area contributed by atoms with Gasteiger partial charge in [0.1, 0.15) is 11.6 Å². The van der Waals surface area contributed by atoms with Crippen molar-refractivity contribution in [1.82, 2.24) is 14.5 Å². The minimum atomic E-state index is -1.50. The maximum atomic E-state index is 11.9. The van der Waals surface area contributed by atoms with Crippen LogP contribution in [-0.2, 0) is 38.3 Å². The second-order valence-electron chi connectivity index (χ2n) is 22.2. The van der Waals surface area contributed by atoms with E-state index in [1.54, 1.807) is 6.07 Å². The molecule has 1 N–H and O–H groups in total. The number of phenolic OH excluding ortho intramolecular Hbond substituents is 1. The van der Waals surface area contributed by atoms with Crippen LogP contribution in [-0.4, -0.2) is 19.6 Å². The van der Waals surface area contributed by atoms with Gasteiger partial charge in [0.15, 0.2) is 0 Å². The number of hydrogen-bond acceptors (Lipinski definition) is 3. The molecule has 0 radical (unpaired) electrons. The maximum absolute atomic E-state index is 11.9. The number of para-hydroxylation sites is 1. The predicted molar refractivity (Wildman–Crippen MR) is 300 cm³/mol. The maximum Gasteiger partial charge on any atom is 0.148 e. The first-order valence-corrected chi connectivity index (χ1v) is 26.1. The first-order valence-electron chi connectivity index (χ1n) is 28.1. The van der Waals surface area contributed by atoms with Crippen LogP contribution in [0.25, 0.3) is 72.7 Å². The molecule has 2 aliphatic rings. The second-order valence-corrected chi connectivity index (χ2v) is 22.2. The van der Waals surface area contributed by atoms with Gasteiger partial charge in [-0.3, -0.25) is 9.55 Å². The van der Waals surface area contributed by atoms with Crippen LogP contribution in [0.1, 0.15) is 138 Å². The molecule has 0 unspecified atom stereocenters. The normalized spacial score (nSPS) is 19.4. The number of aromatic nitrogens is 3. The number of benzene rings is 7. The molecule has 0 atom stereocenters. The van der Waals surface area contributed by atoms with Gasteiger partial charge < -0.3 is 5.11 Å². The van der Waals surface area contributed by atoms with Crippen molar-refractivity contribution in [3.05, 3.63) is 204 Å². The Morgan fingerprint density at radius 3 is 1.93 bits per heavy atom. The van der Waals surface area contributed by atoms with Crippen LogP contribution in [0.4, 0.5) is 0 Å². The fourth-order valence-electron chi connectivity index (χ4n) is 10.9. The summed E-state index contributed by atoms with van der Waals surface area (Å²) < 4.78 is 39.9. The van der Waals surface area contributed by atoms with Crippen molar-refractivity contribution >= 4 is 11.0 Å². The Bertz CT molecular complexity index is 3580. The molecule has 4 nitrogen and oxygen atoms in total. The molecule has 9 aromatic rings. The smallest absolute Gasteiger partial charge is 0.148 e. The topological polar surface area (TPSA) is 50.9 Å². The molecule has 0 saturated heterocycles. The van der Waals surface area contributed by atoms with Gasteiger partial charge in [-0.25, -0.2) is 4.98 Å². The molecule has 5 heteroatoms. The molecule has 0 spiro atoms. The molecule has 372 valence electrons. The van der Waals surface area contributed by atoms with Crippen molar-refractivity contribution < 1.29 is 31.7 Å². The fraction of sp³-hybridized carbons (Fsp3) is 0.294. The average molecular weight is 1140 g/mol. The summed E-state index contributed by atoms with van der Waals surface area (Å²) in [5.74, 6) is -0.736. The Balaban J connectivity index is 0.00000672. The van der Waals surface area contributed by atoms with Gasteiger partial charge in [-0.15, -0.1) is 29.3 Å². The first kappa shape index (κ1) is 45.3. The van der Waals surface area contributed by atoms with Gasteiger partial charge in [0.25, 0.3) is 0 Å². The zero-order valence-corrected chi connectivity index (χ0v) is 45.3. The Hall–Kier alpha value is -6.35. The molecular formula is C68H68N3OPt-. The largest absolute Gasteiger partial charge is 0.507 e. The summed E-state index contributed by atoms with van der Waals surface area (Å²) in [6.07, 6.45) is 6.79. The summed E-state index contributed by atoms with van der Waals surface area (Å²) in [7, 11) is 0. The molecular weight excluding hydrogens is 1070 g/mol. The summed E-state index contributed by atoms with van der Waals surface area (Å²) in [6.45, 7) is 13.2. The van der Waals surface area contributed by atoms with Gasteiger partial charge in [0.05, 0.1) is 22.3 Å². The molecule has 2 fully saturated rings. The first-order chi connectivity index (χ1) is 36.3. The van der Waals surface area contributed by atoms with Crippen molar-refractivity contribution in [2.24, 2.45) is 5.92 Å².